The van der Waals surface area contributed by atoms with E-state index in [1.54, 1.807) is 18.3 Å². The number of carbonyl (C=O) groups is 1. The average Bonchev–Trinajstić information content (AvgIpc) is 2.88. The highest BCUT2D eigenvalue weighted by Crippen LogP contribution is 2.50. The quantitative estimate of drug-likeness (QED) is 0.926. The van der Waals surface area contributed by atoms with Crippen molar-refractivity contribution in [3.8, 4) is 0 Å². The van der Waals surface area contributed by atoms with E-state index in [1.165, 1.54) is 16.6 Å². The van der Waals surface area contributed by atoms with Gasteiger partial charge >= 0.3 is 0 Å². The third-order valence-corrected chi connectivity index (χ3v) is 7.34. The summed E-state index contributed by atoms with van der Waals surface area (Å²) in [7, 11) is -3.79. The Morgan fingerprint density at radius 2 is 2.19 bits per heavy atom. The standard InChI is InChI=1S/C13H14N2O3S3/c1-7-3-4-19-12(7)9-5-10(9)13(16)15-21(17,18)11-6-14-8(2)20-11/h3-4,6,9-10H,5H2,1-2H3,(H,15,16). The monoisotopic (exact) mass is 342 g/mol. The molecule has 2 atom stereocenters. The van der Waals surface area contributed by atoms with Crippen molar-refractivity contribution in [2.24, 2.45) is 5.92 Å². The predicted molar refractivity (Wildman–Crippen MR) is 82.1 cm³/mol. The molecule has 2 aromatic rings. The highest BCUT2D eigenvalue weighted by atomic mass is 32.2. The van der Waals surface area contributed by atoms with E-state index in [2.05, 4.69) is 9.71 Å². The highest BCUT2D eigenvalue weighted by Gasteiger charge is 2.46. The number of aryl methyl sites for hydroxylation is 2. The average molecular weight is 342 g/mol. The summed E-state index contributed by atoms with van der Waals surface area (Å²) in [6.07, 6.45) is 1.99. The molecule has 1 saturated carbocycles. The summed E-state index contributed by atoms with van der Waals surface area (Å²) in [5.41, 5.74) is 1.17. The number of aromatic nitrogens is 1. The van der Waals surface area contributed by atoms with Crippen molar-refractivity contribution in [1.82, 2.24) is 9.71 Å². The third-order valence-electron chi connectivity index (χ3n) is 3.47. The van der Waals surface area contributed by atoms with Crippen LogP contribution in [-0.2, 0) is 14.8 Å². The van der Waals surface area contributed by atoms with Gasteiger partial charge in [-0.1, -0.05) is 0 Å². The van der Waals surface area contributed by atoms with Gasteiger partial charge in [-0.05, 0) is 37.3 Å². The molecule has 1 fully saturated rings. The van der Waals surface area contributed by atoms with Gasteiger partial charge in [0.15, 0.2) is 4.21 Å². The molecule has 1 amide bonds. The fourth-order valence-corrected chi connectivity index (χ4v) is 5.51. The molecule has 112 valence electrons. The number of hydrogen-bond donors (Lipinski definition) is 1. The molecule has 2 heterocycles. The Labute approximate surface area is 131 Å². The molecule has 0 aromatic carbocycles. The second-order valence-corrected chi connectivity index (χ2v) is 9.18. The van der Waals surface area contributed by atoms with Crippen LogP contribution in [0.2, 0.25) is 0 Å². The lowest BCUT2D eigenvalue weighted by Gasteiger charge is -2.04. The number of hydrogen-bond acceptors (Lipinski definition) is 6. The molecule has 21 heavy (non-hydrogen) atoms. The van der Waals surface area contributed by atoms with Crippen LogP contribution in [0.25, 0.3) is 0 Å². The lowest BCUT2D eigenvalue weighted by Crippen LogP contribution is -2.31. The van der Waals surface area contributed by atoms with Gasteiger partial charge in [0.1, 0.15) is 0 Å². The molecule has 0 bridgehead atoms. The van der Waals surface area contributed by atoms with E-state index >= 15 is 0 Å². The SMILES string of the molecule is Cc1ncc(S(=O)(=O)NC(=O)C2CC2c2sccc2C)s1. The minimum Gasteiger partial charge on any atom is -0.274 e. The van der Waals surface area contributed by atoms with E-state index in [9.17, 15) is 13.2 Å². The molecule has 2 aromatic heterocycles. The van der Waals surface area contributed by atoms with Gasteiger partial charge in [0.05, 0.1) is 11.2 Å². The van der Waals surface area contributed by atoms with Crippen molar-refractivity contribution in [3.63, 3.8) is 0 Å². The van der Waals surface area contributed by atoms with Crippen molar-refractivity contribution in [2.45, 2.75) is 30.4 Å². The van der Waals surface area contributed by atoms with Gasteiger partial charge in [0.25, 0.3) is 10.0 Å². The molecule has 3 rings (SSSR count). The number of sulfonamides is 1. The first-order valence-corrected chi connectivity index (χ1v) is 9.59. The van der Waals surface area contributed by atoms with E-state index in [0.717, 1.165) is 11.3 Å². The Hall–Kier alpha value is -1.25. The maximum absolute atomic E-state index is 12.1. The van der Waals surface area contributed by atoms with Crippen LogP contribution in [0.1, 0.15) is 27.8 Å². The number of amides is 1. The topological polar surface area (TPSA) is 76.1 Å². The normalized spacial score (nSPS) is 21.2. The first-order chi connectivity index (χ1) is 9.88. The molecule has 0 spiro atoms. The van der Waals surface area contributed by atoms with E-state index in [1.807, 2.05) is 18.4 Å². The lowest BCUT2D eigenvalue weighted by molar-refractivity contribution is -0.120. The Balaban J connectivity index is 1.70. The van der Waals surface area contributed by atoms with Gasteiger partial charge in [-0.3, -0.25) is 4.79 Å². The van der Waals surface area contributed by atoms with Crippen molar-refractivity contribution in [1.29, 1.82) is 0 Å². The van der Waals surface area contributed by atoms with E-state index < -0.39 is 15.9 Å². The maximum atomic E-state index is 12.1. The first kappa shape index (κ1) is 14.7. The molecule has 1 aliphatic rings. The molecule has 8 heteroatoms. The Morgan fingerprint density at radius 3 is 2.76 bits per heavy atom. The minimum absolute atomic E-state index is 0.0813. The minimum atomic E-state index is -3.79. The van der Waals surface area contributed by atoms with E-state index in [-0.39, 0.29) is 16.0 Å². The molecule has 0 radical (unpaired) electrons. The van der Waals surface area contributed by atoms with E-state index in [4.69, 9.17) is 0 Å². The second-order valence-electron chi connectivity index (χ2n) is 5.08. The summed E-state index contributed by atoms with van der Waals surface area (Å²) >= 11 is 2.68. The van der Waals surface area contributed by atoms with Gasteiger partial charge in [0, 0.05) is 16.7 Å². The van der Waals surface area contributed by atoms with Gasteiger partial charge in [-0.25, -0.2) is 18.1 Å². The lowest BCUT2D eigenvalue weighted by atomic mass is 10.2. The van der Waals surface area contributed by atoms with Crippen LogP contribution in [0, 0.1) is 19.8 Å². The van der Waals surface area contributed by atoms with Crippen LogP contribution in [0.15, 0.2) is 21.9 Å². The Bertz CT molecular complexity index is 791. The zero-order valence-corrected chi connectivity index (χ0v) is 13.9. The number of thiophene rings is 1. The molecule has 1 N–H and O–H groups in total. The number of thiazole rings is 1. The Kier molecular flexibility index (Phi) is 3.62. The van der Waals surface area contributed by atoms with Crippen molar-refractivity contribution >= 4 is 38.6 Å². The summed E-state index contributed by atoms with van der Waals surface area (Å²) in [4.78, 5) is 17.2. The predicted octanol–water partition coefficient (Wildman–Crippen LogP) is 2.43. The number of nitrogens with one attached hydrogen (secondary N) is 1. The van der Waals surface area contributed by atoms with Crippen LogP contribution in [0.3, 0.4) is 0 Å². The van der Waals surface area contributed by atoms with Crippen LogP contribution >= 0.6 is 22.7 Å². The van der Waals surface area contributed by atoms with Crippen molar-refractivity contribution in [3.05, 3.63) is 33.1 Å². The maximum Gasteiger partial charge on any atom is 0.275 e. The fourth-order valence-electron chi connectivity index (χ4n) is 2.26. The molecular formula is C13H14N2O3S3. The summed E-state index contributed by atoms with van der Waals surface area (Å²) in [6, 6.07) is 2.02. The summed E-state index contributed by atoms with van der Waals surface area (Å²) < 4.78 is 26.4. The van der Waals surface area contributed by atoms with Crippen LogP contribution < -0.4 is 4.72 Å². The van der Waals surface area contributed by atoms with Crippen LogP contribution in [0.4, 0.5) is 0 Å². The van der Waals surface area contributed by atoms with Gasteiger partial charge in [-0.15, -0.1) is 22.7 Å². The largest absolute Gasteiger partial charge is 0.275 e. The van der Waals surface area contributed by atoms with Gasteiger partial charge in [0.2, 0.25) is 5.91 Å². The fraction of sp³-hybridized carbons (Fsp3) is 0.385. The molecule has 0 saturated heterocycles. The Morgan fingerprint density at radius 1 is 1.43 bits per heavy atom. The first-order valence-electron chi connectivity index (χ1n) is 6.41. The second kappa shape index (κ2) is 5.19. The molecule has 1 aliphatic carbocycles. The van der Waals surface area contributed by atoms with Gasteiger partial charge < -0.3 is 0 Å². The number of nitrogens with zero attached hydrogens (tertiary/aromatic N) is 1. The summed E-state index contributed by atoms with van der Waals surface area (Å²) in [6.45, 7) is 3.73. The number of carbonyl (C=O) groups excluding carboxylic acids is 1. The summed E-state index contributed by atoms with van der Waals surface area (Å²) in [5, 5.41) is 2.65. The zero-order valence-electron chi connectivity index (χ0n) is 11.5. The molecular weight excluding hydrogens is 328 g/mol. The molecule has 5 nitrogen and oxygen atoms in total. The number of rotatable bonds is 4. The zero-order chi connectivity index (χ0) is 15.2. The van der Waals surface area contributed by atoms with E-state index in [0.29, 0.717) is 11.4 Å². The van der Waals surface area contributed by atoms with Gasteiger partial charge in [-0.2, -0.15) is 0 Å². The van der Waals surface area contributed by atoms with Crippen molar-refractivity contribution in [2.75, 3.05) is 0 Å². The smallest absolute Gasteiger partial charge is 0.274 e. The molecule has 0 aliphatic heterocycles. The van der Waals surface area contributed by atoms with Crippen LogP contribution in [-0.4, -0.2) is 19.3 Å². The highest BCUT2D eigenvalue weighted by molar-refractivity contribution is 7.92. The summed E-state index contributed by atoms with van der Waals surface area (Å²) in [5.74, 6) is -0.506. The van der Waals surface area contributed by atoms with Crippen LogP contribution in [0.5, 0.6) is 0 Å². The third kappa shape index (κ3) is 2.88. The molecule has 2 unspecified atom stereocenters. The van der Waals surface area contributed by atoms with Crippen molar-refractivity contribution < 1.29 is 13.2 Å².